The number of anilines is 1. The van der Waals surface area contributed by atoms with Crippen LogP contribution in [0.5, 0.6) is 11.5 Å². The van der Waals surface area contributed by atoms with E-state index in [1.54, 1.807) is 18.2 Å². The van der Waals surface area contributed by atoms with Crippen molar-refractivity contribution < 1.29 is 22.7 Å². The summed E-state index contributed by atoms with van der Waals surface area (Å²) in [6.45, 7) is 0.229. The van der Waals surface area contributed by atoms with E-state index < -0.39 is 10.0 Å². The number of carbonyl (C=O) groups excluding carboxylic acids is 1. The normalized spacial score (nSPS) is 12.7. The van der Waals surface area contributed by atoms with Gasteiger partial charge in [-0.25, -0.2) is 8.42 Å². The van der Waals surface area contributed by atoms with E-state index in [0.717, 1.165) is 16.1 Å². The third-order valence-corrected chi connectivity index (χ3v) is 5.05. The van der Waals surface area contributed by atoms with E-state index in [2.05, 4.69) is 5.32 Å². The van der Waals surface area contributed by atoms with Gasteiger partial charge in [0.15, 0.2) is 11.5 Å². The minimum absolute atomic E-state index is 0.0949. The maximum atomic E-state index is 12.2. The number of rotatable bonds is 7. The van der Waals surface area contributed by atoms with Crippen LogP contribution in [0.25, 0.3) is 0 Å². The second-order valence-electron chi connectivity index (χ2n) is 5.89. The molecule has 0 aromatic heterocycles. The van der Waals surface area contributed by atoms with Gasteiger partial charge in [0.05, 0.1) is 11.9 Å². The number of hydrogen-bond acceptors (Lipinski definition) is 5. The number of carbonyl (C=O) groups is 1. The van der Waals surface area contributed by atoms with Gasteiger partial charge in [0.2, 0.25) is 22.7 Å². The Morgan fingerprint density at radius 3 is 2.58 bits per heavy atom. The van der Waals surface area contributed by atoms with Crippen molar-refractivity contribution in [2.75, 3.05) is 30.4 Å². The quantitative estimate of drug-likeness (QED) is 0.792. The largest absolute Gasteiger partial charge is 0.454 e. The number of amides is 1. The van der Waals surface area contributed by atoms with Crippen LogP contribution in [0.15, 0.2) is 48.5 Å². The van der Waals surface area contributed by atoms with E-state index in [4.69, 9.17) is 9.47 Å². The van der Waals surface area contributed by atoms with Crippen LogP contribution < -0.4 is 19.1 Å². The molecular formula is C18H20N2O5S. The molecule has 0 aliphatic carbocycles. The van der Waals surface area contributed by atoms with Gasteiger partial charge < -0.3 is 14.8 Å². The molecule has 1 amide bonds. The van der Waals surface area contributed by atoms with E-state index in [1.165, 1.54) is 0 Å². The highest BCUT2D eigenvalue weighted by atomic mass is 32.2. The van der Waals surface area contributed by atoms with Crippen molar-refractivity contribution in [1.82, 2.24) is 5.32 Å². The van der Waals surface area contributed by atoms with Crippen LogP contribution in [-0.2, 0) is 21.2 Å². The molecule has 0 fully saturated rings. The summed E-state index contributed by atoms with van der Waals surface area (Å²) < 4.78 is 35.8. The lowest BCUT2D eigenvalue weighted by Crippen LogP contribution is -2.40. The van der Waals surface area contributed by atoms with Gasteiger partial charge in [-0.1, -0.05) is 30.3 Å². The predicted molar refractivity (Wildman–Crippen MR) is 97.9 cm³/mol. The van der Waals surface area contributed by atoms with Gasteiger partial charge in [-0.05, 0) is 24.1 Å². The van der Waals surface area contributed by atoms with Crippen LogP contribution in [0.1, 0.15) is 5.56 Å². The fraction of sp³-hybridized carbons (Fsp3) is 0.278. The van der Waals surface area contributed by atoms with Gasteiger partial charge in [0.25, 0.3) is 0 Å². The number of hydrogen-bond donors (Lipinski definition) is 1. The van der Waals surface area contributed by atoms with Crippen LogP contribution in [0.4, 0.5) is 5.69 Å². The van der Waals surface area contributed by atoms with Gasteiger partial charge in [-0.3, -0.25) is 9.10 Å². The van der Waals surface area contributed by atoms with E-state index in [-0.39, 0.29) is 19.2 Å². The lowest BCUT2D eigenvalue weighted by molar-refractivity contribution is -0.119. The Balaban J connectivity index is 1.64. The highest BCUT2D eigenvalue weighted by Gasteiger charge is 2.23. The van der Waals surface area contributed by atoms with Crippen molar-refractivity contribution >= 4 is 21.6 Å². The first-order valence-electron chi connectivity index (χ1n) is 8.11. The minimum Gasteiger partial charge on any atom is -0.454 e. The molecule has 1 heterocycles. The first kappa shape index (κ1) is 18.1. The molecule has 2 aromatic rings. The fourth-order valence-electron chi connectivity index (χ4n) is 2.62. The summed E-state index contributed by atoms with van der Waals surface area (Å²) in [5.41, 5.74) is 1.46. The Bertz CT molecular complexity index is 884. The van der Waals surface area contributed by atoms with E-state index >= 15 is 0 Å². The Labute approximate surface area is 152 Å². The summed E-state index contributed by atoms with van der Waals surface area (Å²) >= 11 is 0. The number of ether oxygens (including phenoxy) is 2. The molecule has 0 saturated carbocycles. The maximum Gasteiger partial charge on any atom is 0.240 e. The van der Waals surface area contributed by atoms with Crippen molar-refractivity contribution in [3.05, 3.63) is 54.1 Å². The predicted octanol–water partition coefficient (Wildman–Crippen LogP) is 1.54. The average Bonchev–Trinajstić information content (AvgIpc) is 3.07. The van der Waals surface area contributed by atoms with Gasteiger partial charge in [0, 0.05) is 12.6 Å². The summed E-state index contributed by atoms with van der Waals surface area (Å²) in [6.07, 6.45) is 1.74. The molecule has 0 saturated heterocycles. The summed E-state index contributed by atoms with van der Waals surface area (Å²) in [6, 6.07) is 14.5. The maximum absolute atomic E-state index is 12.2. The number of fused-ring (bicyclic) bond motifs is 1. The third-order valence-electron chi connectivity index (χ3n) is 3.91. The molecule has 2 aromatic carbocycles. The molecular weight excluding hydrogens is 356 g/mol. The molecule has 1 aliphatic rings. The van der Waals surface area contributed by atoms with E-state index in [1.807, 2.05) is 30.3 Å². The zero-order valence-corrected chi connectivity index (χ0v) is 15.2. The molecule has 26 heavy (non-hydrogen) atoms. The first-order valence-corrected chi connectivity index (χ1v) is 9.96. The Morgan fingerprint density at radius 2 is 1.85 bits per heavy atom. The zero-order valence-electron chi connectivity index (χ0n) is 14.3. The van der Waals surface area contributed by atoms with Crippen molar-refractivity contribution in [3.8, 4) is 11.5 Å². The van der Waals surface area contributed by atoms with Gasteiger partial charge in [0.1, 0.15) is 6.54 Å². The summed E-state index contributed by atoms with van der Waals surface area (Å²) in [5, 5.41) is 2.75. The highest BCUT2D eigenvalue weighted by Crippen LogP contribution is 2.35. The van der Waals surface area contributed by atoms with Crippen LogP contribution in [0.2, 0.25) is 0 Å². The third kappa shape index (κ3) is 4.45. The Hall–Kier alpha value is -2.74. The standard InChI is InChI=1S/C18H20N2O5S/c1-26(22,23)20(15-7-8-16-17(11-15)25-13-24-16)12-18(21)19-10-9-14-5-3-2-4-6-14/h2-8,11H,9-10,12-13H2,1H3,(H,19,21). The van der Waals surface area contributed by atoms with Gasteiger partial charge in [-0.15, -0.1) is 0 Å². The summed E-state index contributed by atoms with van der Waals surface area (Å²) in [4.78, 5) is 12.2. The van der Waals surface area contributed by atoms with Gasteiger partial charge >= 0.3 is 0 Å². The fourth-order valence-corrected chi connectivity index (χ4v) is 3.47. The highest BCUT2D eigenvalue weighted by molar-refractivity contribution is 7.92. The molecule has 7 nitrogen and oxygen atoms in total. The van der Waals surface area contributed by atoms with E-state index in [0.29, 0.717) is 30.2 Å². The number of nitrogens with one attached hydrogen (secondary N) is 1. The van der Waals surface area contributed by atoms with E-state index in [9.17, 15) is 13.2 Å². The Morgan fingerprint density at radius 1 is 1.12 bits per heavy atom. The molecule has 138 valence electrons. The molecule has 0 unspecified atom stereocenters. The minimum atomic E-state index is -3.63. The van der Waals surface area contributed by atoms with Crippen molar-refractivity contribution in [3.63, 3.8) is 0 Å². The average molecular weight is 376 g/mol. The van der Waals surface area contributed by atoms with Gasteiger partial charge in [-0.2, -0.15) is 0 Å². The summed E-state index contributed by atoms with van der Waals surface area (Å²) in [5.74, 6) is 0.638. The number of sulfonamides is 1. The number of benzene rings is 2. The van der Waals surface area contributed by atoms with Crippen molar-refractivity contribution in [1.29, 1.82) is 0 Å². The van der Waals surface area contributed by atoms with Crippen molar-refractivity contribution in [2.24, 2.45) is 0 Å². The molecule has 0 spiro atoms. The molecule has 0 radical (unpaired) electrons. The number of nitrogens with zero attached hydrogens (tertiary/aromatic N) is 1. The lowest BCUT2D eigenvalue weighted by Gasteiger charge is -2.22. The van der Waals surface area contributed by atoms with Crippen LogP contribution >= 0.6 is 0 Å². The first-order chi connectivity index (χ1) is 12.4. The molecule has 0 atom stereocenters. The van der Waals surface area contributed by atoms with Crippen LogP contribution in [-0.4, -0.2) is 40.5 Å². The topological polar surface area (TPSA) is 84.9 Å². The van der Waals surface area contributed by atoms with Crippen LogP contribution in [0, 0.1) is 0 Å². The smallest absolute Gasteiger partial charge is 0.240 e. The SMILES string of the molecule is CS(=O)(=O)N(CC(=O)NCCc1ccccc1)c1ccc2c(c1)OCO2. The van der Waals surface area contributed by atoms with Crippen LogP contribution in [0.3, 0.4) is 0 Å². The summed E-state index contributed by atoms with van der Waals surface area (Å²) in [7, 11) is -3.63. The second-order valence-corrected chi connectivity index (χ2v) is 7.80. The molecule has 1 N–H and O–H groups in total. The zero-order chi connectivity index (χ0) is 18.6. The molecule has 3 rings (SSSR count). The second kappa shape index (κ2) is 7.65. The lowest BCUT2D eigenvalue weighted by atomic mass is 10.1. The van der Waals surface area contributed by atoms with Crippen molar-refractivity contribution in [2.45, 2.75) is 6.42 Å². The Kier molecular flexibility index (Phi) is 5.32. The molecule has 1 aliphatic heterocycles. The molecule has 8 heteroatoms. The molecule has 0 bridgehead atoms. The monoisotopic (exact) mass is 376 g/mol.